The Kier molecular flexibility index (Phi) is 3.53. The molecular formula is C9H17NO2. The largest absolute Gasteiger partial charge is 0.359 e. The molecule has 70 valence electrons. The minimum atomic E-state index is -0.0337. The van der Waals surface area contributed by atoms with Crippen LogP contribution < -0.4 is 5.32 Å². The Labute approximate surface area is 73.5 Å². The quantitative estimate of drug-likeness (QED) is 0.679. The number of nitrogens with one attached hydrogen (secondary N) is 1. The maximum atomic E-state index is 11.2. The fourth-order valence-corrected chi connectivity index (χ4v) is 1.18. The Balaban J connectivity index is 2.24. The van der Waals surface area contributed by atoms with Gasteiger partial charge in [-0.2, -0.15) is 0 Å². The van der Waals surface area contributed by atoms with Crippen molar-refractivity contribution in [3.63, 3.8) is 0 Å². The molecule has 0 radical (unpaired) electrons. The summed E-state index contributed by atoms with van der Waals surface area (Å²) in [5.74, 6) is 0.137. The van der Waals surface area contributed by atoms with Gasteiger partial charge in [-0.25, -0.2) is 0 Å². The molecule has 1 amide bonds. The first-order valence-electron chi connectivity index (χ1n) is 4.62. The van der Waals surface area contributed by atoms with Gasteiger partial charge in [0.25, 0.3) is 0 Å². The molecule has 1 atom stereocenters. The lowest BCUT2D eigenvalue weighted by atomic mass is 10.1. The van der Waals surface area contributed by atoms with Gasteiger partial charge in [-0.15, -0.1) is 0 Å². The molecule has 1 fully saturated rings. The highest BCUT2D eigenvalue weighted by Crippen LogP contribution is 2.10. The number of ether oxygens (including phenoxy) is 1. The first kappa shape index (κ1) is 9.52. The normalized spacial score (nSPS) is 24.1. The zero-order chi connectivity index (χ0) is 8.97. The second-order valence-electron chi connectivity index (χ2n) is 3.52. The third-order valence-corrected chi connectivity index (χ3v) is 2.01. The minimum Gasteiger partial charge on any atom is -0.359 e. The molecule has 1 aliphatic heterocycles. The summed E-state index contributed by atoms with van der Waals surface area (Å²) in [5, 5.41) is 2.86. The summed E-state index contributed by atoms with van der Waals surface area (Å²) in [6.45, 7) is 4.55. The Morgan fingerprint density at radius 3 is 2.75 bits per heavy atom. The molecule has 0 aromatic heterocycles. The van der Waals surface area contributed by atoms with Crippen LogP contribution in [0.3, 0.4) is 0 Å². The highest BCUT2D eigenvalue weighted by Gasteiger charge is 2.17. The first-order chi connectivity index (χ1) is 5.70. The first-order valence-corrected chi connectivity index (χ1v) is 4.62. The Hall–Kier alpha value is -0.570. The smallest absolute Gasteiger partial charge is 0.224 e. The maximum absolute atomic E-state index is 11.2. The average Bonchev–Trinajstić information content (AvgIpc) is 2.06. The van der Waals surface area contributed by atoms with E-state index in [1.165, 1.54) is 0 Å². The van der Waals surface area contributed by atoms with E-state index in [-0.39, 0.29) is 18.1 Å². The SMILES string of the molecule is CC(C)C(=O)NC1CCCCO1. The van der Waals surface area contributed by atoms with Crippen LogP contribution in [-0.2, 0) is 9.53 Å². The predicted molar refractivity (Wildman–Crippen MR) is 46.6 cm³/mol. The minimum absolute atomic E-state index is 0.0337. The van der Waals surface area contributed by atoms with Gasteiger partial charge < -0.3 is 10.1 Å². The molecule has 1 heterocycles. The third kappa shape index (κ3) is 2.81. The van der Waals surface area contributed by atoms with Crippen molar-refractivity contribution < 1.29 is 9.53 Å². The van der Waals surface area contributed by atoms with Crippen molar-refractivity contribution in [2.75, 3.05) is 6.61 Å². The van der Waals surface area contributed by atoms with E-state index < -0.39 is 0 Å². The van der Waals surface area contributed by atoms with E-state index in [2.05, 4.69) is 5.32 Å². The Bertz CT molecular complexity index is 151. The Morgan fingerprint density at radius 1 is 1.50 bits per heavy atom. The molecule has 1 unspecified atom stereocenters. The van der Waals surface area contributed by atoms with Crippen LogP contribution in [0.1, 0.15) is 33.1 Å². The molecule has 1 aliphatic rings. The fraction of sp³-hybridized carbons (Fsp3) is 0.889. The van der Waals surface area contributed by atoms with E-state index >= 15 is 0 Å². The van der Waals surface area contributed by atoms with Gasteiger partial charge in [0.1, 0.15) is 6.23 Å². The molecule has 1 N–H and O–H groups in total. The molecule has 0 bridgehead atoms. The highest BCUT2D eigenvalue weighted by molar-refractivity contribution is 5.77. The lowest BCUT2D eigenvalue weighted by Gasteiger charge is -2.24. The van der Waals surface area contributed by atoms with E-state index in [1.54, 1.807) is 0 Å². The van der Waals surface area contributed by atoms with Gasteiger partial charge in [0.2, 0.25) is 5.91 Å². The van der Waals surface area contributed by atoms with Crippen LogP contribution in [0.15, 0.2) is 0 Å². The number of amides is 1. The molecule has 3 heteroatoms. The highest BCUT2D eigenvalue weighted by atomic mass is 16.5. The van der Waals surface area contributed by atoms with Gasteiger partial charge in [-0.05, 0) is 19.3 Å². The van der Waals surface area contributed by atoms with Crippen LogP contribution in [0.2, 0.25) is 0 Å². The second kappa shape index (κ2) is 4.45. The number of rotatable bonds is 2. The van der Waals surface area contributed by atoms with Gasteiger partial charge in [0, 0.05) is 12.5 Å². The van der Waals surface area contributed by atoms with Crippen LogP contribution in [0.25, 0.3) is 0 Å². The van der Waals surface area contributed by atoms with Crippen LogP contribution in [0.4, 0.5) is 0 Å². The van der Waals surface area contributed by atoms with Crippen molar-refractivity contribution >= 4 is 5.91 Å². The number of hydrogen-bond donors (Lipinski definition) is 1. The molecule has 1 saturated heterocycles. The van der Waals surface area contributed by atoms with Gasteiger partial charge in [-0.1, -0.05) is 13.8 Å². The summed E-state index contributed by atoms with van der Waals surface area (Å²) in [4.78, 5) is 11.2. The molecule has 0 aromatic carbocycles. The van der Waals surface area contributed by atoms with E-state index in [0.29, 0.717) is 0 Å². The molecule has 3 nitrogen and oxygen atoms in total. The van der Waals surface area contributed by atoms with Crippen molar-refractivity contribution in [3.8, 4) is 0 Å². The molecule has 1 rings (SSSR count). The summed E-state index contributed by atoms with van der Waals surface area (Å²) in [6.07, 6.45) is 3.20. The lowest BCUT2D eigenvalue weighted by Crippen LogP contribution is -2.40. The van der Waals surface area contributed by atoms with Crippen LogP contribution in [-0.4, -0.2) is 18.7 Å². The van der Waals surface area contributed by atoms with E-state index in [4.69, 9.17) is 4.74 Å². The monoisotopic (exact) mass is 171 g/mol. The lowest BCUT2D eigenvalue weighted by molar-refractivity contribution is -0.129. The summed E-state index contributed by atoms with van der Waals surface area (Å²) in [6, 6.07) is 0. The van der Waals surface area contributed by atoms with Gasteiger partial charge >= 0.3 is 0 Å². The molecule has 0 saturated carbocycles. The predicted octanol–water partition coefficient (Wildman–Crippen LogP) is 1.29. The van der Waals surface area contributed by atoms with Crippen LogP contribution in [0, 0.1) is 5.92 Å². The number of hydrogen-bond acceptors (Lipinski definition) is 2. The number of carbonyl (C=O) groups excluding carboxylic acids is 1. The summed E-state index contributed by atoms with van der Waals surface area (Å²) in [5.41, 5.74) is 0. The van der Waals surface area contributed by atoms with E-state index in [9.17, 15) is 4.79 Å². The second-order valence-corrected chi connectivity index (χ2v) is 3.52. The van der Waals surface area contributed by atoms with Gasteiger partial charge in [-0.3, -0.25) is 4.79 Å². The Morgan fingerprint density at radius 2 is 2.25 bits per heavy atom. The topological polar surface area (TPSA) is 38.3 Å². The van der Waals surface area contributed by atoms with Crippen molar-refractivity contribution in [1.29, 1.82) is 0 Å². The van der Waals surface area contributed by atoms with Gasteiger partial charge in [0.05, 0.1) is 0 Å². The molecule has 0 spiro atoms. The van der Waals surface area contributed by atoms with Crippen molar-refractivity contribution in [2.24, 2.45) is 5.92 Å². The standard InChI is InChI=1S/C9H17NO2/c1-7(2)9(11)10-8-5-3-4-6-12-8/h7-8H,3-6H2,1-2H3,(H,10,11). The van der Waals surface area contributed by atoms with Crippen LogP contribution >= 0.6 is 0 Å². The van der Waals surface area contributed by atoms with E-state index in [0.717, 1.165) is 25.9 Å². The van der Waals surface area contributed by atoms with Crippen molar-refractivity contribution in [2.45, 2.75) is 39.3 Å². The average molecular weight is 171 g/mol. The zero-order valence-electron chi connectivity index (χ0n) is 7.80. The molecule has 12 heavy (non-hydrogen) atoms. The maximum Gasteiger partial charge on any atom is 0.224 e. The van der Waals surface area contributed by atoms with Gasteiger partial charge in [0.15, 0.2) is 0 Å². The molecular weight excluding hydrogens is 154 g/mol. The summed E-state index contributed by atoms with van der Waals surface area (Å²) in [7, 11) is 0. The summed E-state index contributed by atoms with van der Waals surface area (Å²) >= 11 is 0. The van der Waals surface area contributed by atoms with Crippen molar-refractivity contribution in [1.82, 2.24) is 5.32 Å². The third-order valence-electron chi connectivity index (χ3n) is 2.01. The molecule has 0 aliphatic carbocycles. The zero-order valence-corrected chi connectivity index (χ0v) is 7.80. The summed E-state index contributed by atoms with van der Waals surface area (Å²) < 4.78 is 5.37. The van der Waals surface area contributed by atoms with E-state index in [1.807, 2.05) is 13.8 Å². The fourth-order valence-electron chi connectivity index (χ4n) is 1.18. The molecule has 0 aromatic rings. The number of carbonyl (C=O) groups is 1. The van der Waals surface area contributed by atoms with Crippen LogP contribution in [0.5, 0.6) is 0 Å². The van der Waals surface area contributed by atoms with Crippen molar-refractivity contribution in [3.05, 3.63) is 0 Å².